The minimum Gasteiger partial charge on any atom is -0.496 e. The summed E-state index contributed by atoms with van der Waals surface area (Å²) in [6.07, 6.45) is 7.80. The molecule has 0 bridgehead atoms. The summed E-state index contributed by atoms with van der Waals surface area (Å²) >= 11 is 6.26. The highest BCUT2D eigenvalue weighted by Crippen LogP contribution is 2.36. The Bertz CT molecular complexity index is 1430. The van der Waals surface area contributed by atoms with Crippen molar-refractivity contribution in [1.29, 1.82) is 0 Å². The van der Waals surface area contributed by atoms with Crippen molar-refractivity contribution < 1.29 is 19.1 Å². The maximum absolute atomic E-state index is 13.2. The number of amides is 2. The molecule has 0 radical (unpaired) electrons. The van der Waals surface area contributed by atoms with E-state index in [-0.39, 0.29) is 18.7 Å². The van der Waals surface area contributed by atoms with Crippen LogP contribution in [0.5, 0.6) is 5.75 Å². The summed E-state index contributed by atoms with van der Waals surface area (Å²) < 4.78 is 14.1. The van der Waals surface area contributed by atoms with E-state index < -0.39 is 5.91 Å². The molecule has 3 aromatic heterocycles. The van der Waals surface area contributed by atoms with E-state index in [9.17, 15) is 9.59 Å². The smallest absolute Gasteiger partial charge is 0.261 e. The molecule has 0 spiro atoms. The number of carbonyl (C=O) groups excluding carboxylic acids is 2. The van der Waals surface area contributed by atoms with Crippen molar-refractivity contribution in [3.05, 3.63) is 59.6 Å². The molecule has 1 unspecified atom stereocenters. The molecule has 12 heteroatoms. The minimum absolute atomic E-state index is 0.0413. The predicted molar refractivity (Wildman–Crippen MR) is 132 cm³/mol. The quantitative estimate of drug-likeness (QED) is 0.407. The highest BCUT2D eigenvalue weighted by molar-refractivity contribution is 6.31. The van der Waals surface area contributed by atoms with Crippen LogP contribution < -0.4 is 10.1 Å². The number of methoxy groups -OCH3 is 1. The lowest BCUT2D eigenvalue weighted by atomic mass is 10.1. The highest BCUT2D eigenvalue weighted by Gasteiger charge is 2.26. The van der Waals surface area contributed by atoms with Gasteiger partial charge in [-0.05, 0) is 37.1 Å². The van der Waals surface area contributed by atoms with Crippen LogP contribution in [0.1, 0.15) is 23.2 Å². The molecule has 186 valence electrons. The average molecular weight is 510 g/mol. The van der Waals surface area contributed by atoms with Crippen LogP contribution in [0.2, 0.25) is 5.02 Å². The van der Waals surface area contributed by atoms with Crippen LogP contribution in [0.15, 0.2) is 49.1 Å². The number of nitrogens with one attached hydrogen (secondary N) is 1. The van der Waals surface area contributed by atoms with Crippen molar-refractivity contribution in [3.63, 3.8) is 0 Å². The fraction of sp³-hybridized carbons (Fsp3) is 0.292. The van der Waals surface area contributed by atoms with Crippen LogP contribution in [-0.4, -0.2) is 68.1 Å². The molecular formula is C24H24ClN7O4. The van der Waals surface area contributed by atoms with E-state index in [1.54, 1.807) is 54.8 Å². The van der Waals surface area contributed by atoms with Gasteiger partial charge in [0.1, 0.15) is 29.8 Å². The molecule has 1 aliphatic rings. The summed E-state index contributed by atoms with van der Waals surface area (Å²) in [5.74, 6) is -0.0763. The van der Waals surface area contributed by atoms with Gasteiger partial charge in [0.25, 0.3) is 5.91 Å². The van der Waals surface area contributed by atoms with E-state index in [1.807, 2.05) is 0 Å². The number of aromatic nitrogens is 5. The number of likely N-dealkylation sites (N-methyl/N-ethyl adjacent to an activating group) is 1. The maximum Gasteiger partial charge on any atom is 0.261 e. The number of nitrogens with zero attached hydrogens (tertiary/aromatic N) is 6. The Hall–Kier alpha value is -3.96. The first-order chi connectivity index (χ1) is 17.4. The first kappa shape index (κ1) is 23.8. The van der Waals surface area contributed by atoms with E-state index in [0.29, 0.717) is 45.5 Å². The van der Waals surface area contributed by atoms with Gasteiger partial charge < -0.3 is 19.7 Å². The Balaban J connectivity index is 1.49. The minimum atomic E-state index is -0.423. The second-order valence-electron chi connectivity index (χ2n) is 8.31. The standard InChI is InChI=1S/C24H24ClN7O4/c1-30(21-5-3-10-36-21)20(33)14-31-13-18(22(29-31)16-11-15(25)6-7-19(16)35-2)28-24(34)17-12-27-32-9-4-8-26-23(17)32/h4,6-9,11-13,21H,3,5,10,14H2,1-2H3,(H,28,34). The van der Waals surface area contributed by atoms with E-state index in [1.165, 1.54) is 22.5 Å². The number of fused-ring (bicyclic) bond motifs is 1. The number of hydrogen-bond donors (Lipinski definition) is 1. The fourth-order valence-corrected chi connectivity index (χ4v) is 4.28. The molecule has 11 nitrogen and oxygen atoms in total. The van der Waals surface area contributed by atoms with Gasteiger partial charge in [0.15, 0.2) is 5.65 Å². The lowest BCUT2D eigenvalue weighted by Crippen LogP contribution is -2.38. The van der Waals surface area contributed by atoms with Gasteiger partial charge in [-0.25, -0.2) is 9.50 Å². The maximum atomic E-state index is 13.2. The van der Waals surface area contributed by atoms with Gasteiger partial charge in [-0.1, -0.05) is 11.6 Å². The van der Waals surface area contributed by atoms with Crippen molar-refractivity contribution in [3.8, 4) is 17.0 Å². The van der Waals surface area contributed by atoms with Crippen molar-refractivity contribution in [2.45, 2.75) is 25.6 Å². The zero-order valence-corrected chi connectivity index (χ0v) is 20.5. The molecule has 1 aliphatic heterocycles. The summed E-state index contributed by atoms with van der Waals surface area (Å²) in [4.78, 5) is 32.0. The lowest BCUT2D eigenvalue weighted by molar-refractivity contribution is -0.140. The molecule has 5 rings (SSSR count). The van der Waals surface area contributed by atoms with Crippen LogP contribution in [0.25, 0.3) is 16.9 Å². The van der Waals surface area contributed by atoms with Gasteiger partial charge >= 0.3 is 0 Å². The molecular weight excluding hydrogens is 486 g/mol. The normalized spacial score (nSPS) is 15.2. The molecule has 0 saturated carbocycles. The molecule has 1 fully saturated rings. The monoisotopic (exact) mass is 509 g/mol. The zero-order valence-electron chi connectivity index (χ0n) is 19.7. The number of carbonyl (C=O) groups is 2. The zero-order chi connectivity index (χ0) is 25.2. The van der Waals surface area contributed by atoms with E-state index in [2.05, 4.69) is 20.5 Å². The van der Waals surface area contributed by atoms with Gasteiger partial charge in [0, 0.05) is 42.8 Å². The summed E-state index contributed by atoms with van der Waals surface area (Å²) in [5.41, 5.74) is 2.05. The first-order valence-electron chi connectivity index (χ1n) is 11.3. The lowest BCUT2D eigenvalue weighted by Gasteiger charge is -2.23. The number of hydrogen-bond acceptors (Lipinski definition) is 7. The molecule has 0 aliphatic carbocycles. The third-order valence-electron chi connectivity index (χ3n) is 5.98. The summed E-state index contributed by atoms with van der Waals surface area (Å²) in [6.45, 7) is 0.595. The Morgan fingerprint density at radius 3 is 3.00 bits per heavy atom. The molecule has 1 saturated heterocycles. The Morgan fingerprint density at radius 1 is 1.36 bits per heavy atom. The Labute approximate surface area is 211 Å². The molecule has 1 atom stereocenters. The van der Waals surface area contributed by atoms with E-state index >= 15 is 0 Å². The topological polar surface area (TPSA) is 116 Å². The average Bonchev–Trinajstić information content (AvgIpc) is 3.63. The highest BCUT2D eigenvalue weighted by atomic mass is 35.5. The van der Waals surface area contributed by atoms with Crippen molar-refractivity contribution in [2.24, 2.45) is 0 Å². The number of anilines is 1. The van der Waals surface area contributed by atoms with Crippen LogP contribution in [0.3, 0.4) is 0 Å². The third kappa shape index (κ3) is 4.62. The molecule has 1 N–H and O–H groups in total. The SMILES string of the molecule is COc1ccc(Cl)cc1-c1nn(CC(=O)N(C)C2CCCO2)cc1NC(=O)c1cnn2cccnc12. The summed E-state index contributed by atoms with van der Waals surface area (Å²) in [5, 5.41) is 12.1. The first-order valence-corrected chi connectivity index (χ1v) is 11.7. The van der Waals surface area contributed by atoms with Gasteiger partial charge in [-0.15, -0.1) is 0 Å². The van der Waals surface area contributed by atoms with Gasteiger partial charge in [-0.3, -0.25) is 14.3 Å². The second kappa shape index (κ2) is 9.96. The second-order valence-corrected chi connectivity index (χ2v) is 8.74. The van der Waals surface area contributed by atoms with Gasteiger partial charge in [-0.2, -0.15) is 10.2 Å². The molecule has 36 heavy (non-hydrogen) atoms. The van der Waals surface area contributed by atoms with Crippen molar-refractivity contribution in [2.75, 3.05) is 26.1 Å². The van der Waals surface area contributed by atoms with Crippen LogP contribution in [-0.2, 0) is 16.1 Å². The predicted octanol–water partition coefficient (Wildman–Crippen LogP) is 3.10. The molecule has 4 heterocycles. The fourth-order valence-electron chi connectivity index (χ4n) is 4.11. The van der Waals surface area contributed by atoms with E-state index in [4.69, 9.17) is 21.1 Å². The van der Waals surface area contributed by atoms with Crippen LogP contribution >= 0.6 is 11.6 Å². The Morgan fingerprint density at radius 2 is 2.22 bits per heavy atom. The van der Waals surface area contributed by atoms with Gasteiger partial charge in [0.05, 0.1) is 19.0 Å². The molecule has 4 aromatic rings. The van der Waals surface area contributed by atoms with Crippen LogP contribution in [0.4, 0.5) is 5.69 Å². The number of halogens is 1. The Kier molecular flexibility index (Phi) is 6.57. The summed E-state index contributed by atoms with van der Waals surface area (Å²) in [6, 6.07) is 6.83. The number of rotatable bonds is 7. The largest absolute Gasteiger partial charge is 0.496 e. The van der Waals surface area contributed by atoms with Crippen molar-refractivity contribution >= 4 is 34.7 Å². The molecule has 1 aromatic carbocycles. The molecule has 2 amide bonds. The number of benzene rings is 1. The van der Waals surface area contributed by atoms with Crippen LogP contribution in [0, 0.1) is 0 Å². The number of ether oxygens (including phenoxy) is 2. The van der Waals surface area contributed by atoms with Crippen molar-refractivity contribution in [1.82, 2.24) is 29.3 Å². The van der Waals surface area contributed by atoms with E-state index in [0.717, 1.165) is 12.8 Å². The third-order valence-corrected chi connectivity index (χ3v) is 6.21. The summed E-state index contributed by atoms with van der Waals surface area (Å²) in [7, 11) is 3.25. The van der Waals surface area contributed by atoms with Gasteiger partial charge in [0.2, 0.25) is 5.91 Å².